The second-order valence-corrected chi connectivity index (χ2v) is 8.14. The van der Waals surface area contributed by atoms with E-state index in [1.165, 1.54) is 5.56 Å². The lowest BCUT2D eigenvalue weighted by Gasteiger charge is -2.19. The Labute approximate surface area is 170 Å². The van der Waals surface area contributed by atoms with Crippen molar-refractivity contribution in [2.75, 3.05) is 13.1 Å². The number of urea groups is 1. The number of ether oxygens (including phenoxy) is 2. The number of amides is 2. The normalized spacial score (nSPS) is 26.6. The highest BCUT2D eigenvalue weighted by atomic mass is 16.5. The molecule has 3 aliphatic heterocycles. The molecule has 0 aliphatic carbocycles. The standard InChI is InChI=1S/C23H25N3O3/c1-14-4-3-5-19(15(14)2)29-22-10-16(8-9-24-22)11-25-23(27)26-12-17-18(13-26)21-7-6-20(17)28-21/h3-10,17-18,20-21H,11-13H2,1-2H3,(H,25,27). The van der Waals surface area contributed by atoms with Crippen LogP contribution in [-0.2, 0) is 11.3 Å². The van der Waals surface area contributed by atoms with Crippen LogP contribution in [0, 0.1) is 25.7 Å². The van der Waals surface area contributed by atoms with E-state index >= 15 is 0 Å². The highest BCUT2D eigenvalue weighted by Crippen LogP contribution is 2.43. The number of aromatic nitrogens is 1. The molecule has 0 spiro atoms. The molecule has 4 unspecified atom stereocenters. The number of carbonyl (C=O) groups excluding carboxylic acids is 1. The van der Waals surface area contributed by atoms with E-state index < -0.39 is 0 Å². The van der Waals surface area contributed by atoms with Gasteiger partial charge in [-0.2, -0.15) is 0 Å². The molecule has 0 saturated carbocycles. The first-order valence-electron chi connectivity index (χ1n) is 10.1. The van der Waals surface area contributed by atoms with Crippen molar-refractivity contribution in [1.29, 1.82) is 0 Å². The van der Waals surface area contributed by atoms with Crippen LogP contribution < -0.4 is 10.1 Å². The van der Waals surface area contributed by atoms with Crippen molar-refractivity contribution >= 4 is 6.03 Å². The van der Waals surface area contributed by atoms with Crippen LogP contribution in [0.5, 0.6) is 11.6 Å². The number of aryl methyl sites for hydroxylation is 1. The number of rotatable bonds is 4. The van der Waals surface area contributed by atoms with E-state index in [1.807, 2.05) is 36.1 Å². The van der Waals surface area contributed by atoms with Crippen molar-refractivity contribution in [1.82, 2.24) is 15.2 Å². The van der Waals surface area contributed by atoms with Crippen molar-refractivity contribution in [3.8, 4) is 11.6 Å². The second kappa shape index (κ2) is 7.19. The number of pyridine rings is 1. The molecule has 2 fully saturated rings. The number of benzene rings is 1. The summed E-state index contributed by atoms with van der Waals surface area (Å²) >= 11 is 0. The summed E-state index contributed by atoms with van der Waals surface area (Å²) in [6.45, 7) is 6.06. The molecule has 5 rings (SSSR count). The number of hydrogen-bond donors (Lipinski definition) is 1. The molecule has 0 radical (unpaired) electrons. The molecule has 4 heterocycles. The Morgan fingerprint density at radius 2 is 1.97 bits per heavy atom. The van der Waals surface area contributed by atoms with Gasteiger partial charge in [-0.25, -0.2) is 9.78 Å². The first kappa shape index (κ1) is 18.2. The van der Waals surface area contributed by atoms with E-state index in [0.29, 0.717) is 24.3 Å². The maximum absolute atomic E-state index is 12.6. The van der Waals surface area contributed by atoms with Gasteiger partial charge in [0, 0.05) is 43.7 Å². The quantitative estimate of drug-likeness (QED) is 0.809. The molecule has 150 valence electrons. The summed E-state index contributed by atoms with van der Waals surface area (Å²) in [5.41, 5.74) is 3.23. The minimum atomic E-state index is -0.0207. The Balaban J connectivity index is 1.19. The Kier molecular flexibility index (Phi) is 4.51. The number of carbonyl (C=O) groups is 1. The highest BCUT2D eigenvalue weighted by Gasteiger charge is 2.51. The van der Waals surface area contributed by atoms with Gasteiger partial charge in [-0.1, -0.05) is 24.3 Å². The summed E-state index contributed by atoms with van der Waals surface area (Å²) in [7, 11) is 0. The van der Waals surface area contributed by atoms with E-state index in [0.717, 1.165) is 30.0 Å². The highest BCUT2D eigenvalue weighted by molar-refractivity contribution is 5.74. The van der Waals surface area contributed by atoms with Crippen LogP contribution in [0.4, 0.5) is 4.79 Å². The average molecular weight is 391 g/mol. The van der Waals surface area contributed by atoms with Gasteiger partial charge in [0.05, 0.1) is 12.2 Å². The molecule has 4 atom stereocenters. The third kappa shape index (κ3) is 3.38. The molecule has 1 aromatic carbocycles. The van der Waals surface area contributed by atoms with Gasteiger partial charge in [0.2, 0.25) is 5.88 Å². The molecule has 2 saturated heterocycles. The minimum Gasteiger partial charge on any atom is -0.439 e. The number of fused-ring (bicyclic) bond motifs is 5. The number of nitrogens with zero attached hydrogens (tertiary/aromatic N) is 2. The summed E-state index contributed by atoms with van der Waals surface area (Å²) in [5, 5.41) is 3.03. The Hall–Kier alpha value is -2.86. The van der Waals surface area contributed by atoms with Crippen molar-refractivity contribution < 1.29 is 14.3 Å². The third-order valence-electron chi connectivity index (χ3n) is 6.36. The van der Waals surface area contributed by atoms with Gasteiger partial charge in [-0.15, -0.1) is 0 Å². The lowest BCUT2D eigenvalue weighted by molar-refractivity contribution is 0.0882. The summed E-state index contributed by atoms with van der Waals surface area (Å²) in [5.74, 6) is 2.21. The van der Waals surface area contributed by atoms with Crippen molar-refractivity contribution in [2.45, 2.75) is 32.6 Å². The molecular formula is C23H25N3O3. The number of nitrogens with one attached hydrogen (secondary N) is 1. The van der Waals surface area contributed by atoms with E-state index in [4.69, 9.17) is 9.47 Å². The Morgan fingerprint density at radius 3 is 2.72 bits per heavy atom. The van der Waals surface area contributed by atoms with Crippen molar-refractivity contribution in [2.24, 2.45) is 11.8 Å². The lowest BCUT2D eigenvalue weighted by Crippen LogP contribution is -2.39. The summed E-state index contributed by atoms with van der Waals surface area (Å²) in [6, 6.07) is 9.72. The van der Waals surface area contributed by atoms with Crippen LogP contribution in [0.3, 0.4) is 0 Å². The van der Waals surface area contributed by atoms with E-state index in [-0.39, 0.29) is 18.2 Å². The molecule has 3 aliphatic rings. The molecule has 2 aromatic rings. The molecule has 6 heteroatoms. The van der Waals surface area contributed by atoms with Gasteiger partial charge < -0.3 is 19.7 Å². The number of hydrogen-bond acceptors (Lipinski definition) is 4. The summed E-state index contributed by atoms with van der Waals surface area (Å²) < 4.78 is 11.8. The predicted octanol–water partition coefficient (Wildman–Crippen LogP) is 3.59. The maximum Gasteiger partial charge on any atom is 0.317 e. The van der Waals surface area contributed by atoms with E-state index in [1.54, 1.807) is 6.20 Å². The molecular weight excluding hydrogens is 366 g/mol. The third-order valence-corrected chi connectivity index (χ3v) is 6.36. The van der Waals surface area contributed by atoms with Crippen LogP contribution in [0.2, 0.25) is 0 Å². The van der Waals surface area contributed by atoms with Crippen LogP contribution in [0.25, 0.3) is 0 Å². The van der Waals surface area contributed by atoms with Gasteiger partial charge in [0.1, 0.15) is 5.75 Å². The van der Waals surface area contributed by atoms with Crippen LogP contribution >= 0.6 is 0 Å². The average Bonchev–Trinajstić information content (AvgIpc) is 3.43. The largest absolute Gasteiger partial charge is 0.439 e. The zero-order valence-electron chi connectivity index (χ0n) is 16.7. The van der Waals surface area contributed by atoms with Gasteiger partial charge in [0.15, 0.2) is 0 Å². The van der Waals surface area contributed by atoms with E-state index in [9.17, 15) is 4.79 Å². The maximum atomic E-state index is 12.6. The van der Waals surface area contributed by atoms with Gasteiger partial charge in [-0.05, 0) is 42.7 Å². The molecule has 2 amide bonds. The Bertz CT molecular complexity index is 954. The smallest absolute Gasteiger partial charge is 0.317 e. The monoisotopic (exact) mass is 391 g/mol. The summed E-state index contributed by atoms with van der Waals surface area (Å²) in [6.07, 6.45) is 6.37. The fraction of sp³-hybridized carbons (Fsp3) is 0.391. The zero-order valence-corrected chi connectivity index (χ0v) is 16.7. The topological polar surface area (TPSA) is 63.7 Å². The molecule has 29 heavy (non-hydrogen) atoms. The zero-order chi connectivity index (χ0) is 20.0. The number of likely N-dealkylation sites (tertiary alicyclic amines) is 1. The van der Waals surface area contributed by atoms with E-state index in [2.05, 4.69) is 35.4 Å². The van der Waals surface area contributed by atoms with Gasteiger partial charge in [0.25, 0.3) is 0 Å². The SMILES string of the molecule is Cc1cccc(Oc2cc(CNC(=O)N3CC4C5C=CC(O5)C4C3)ccn2)c1C. The van der Waals surface area contributed by atoms with Crippen LogP contribution in [-0.4, -0.2) is 41.2 Å². The van der Waals surface area contributed by atoms with Crippen LogP contribution in [0.1, 0.15) is 16.7 Å². The molecule has 2 bridgehead atoms. The summed E-state index contributed by atoms with van der Waals surface area (Å²) in [4.78, 5) is 18.9. The van der Waals surface area contributed by atoms with Crippen molar-refractivity contribution in [3.63, 3.8) is 0 Å². The fourth-order valence-electron chi connectivity index (χ4n) is 4.55. The Morgan fingerprint density at radius 1 is 1.21 bits per heavy atom. The predicted molar refractivity (Wildman–Crippen MR) is 109 cm³/mol. The van der Waals surface area contributed by atoms with Crippen LogP contribution in [0.15, 0.2) is 48.7 Å². The second-order valence-electron chi connectivity index (χ2n) is 8.14. The molecule has 6 nitrogen and oxygen atoms in total. The fourth-order valence-corrected chi connectivity index (χ4v) is 4.55. The first-order valence-corrected chi connectivity index (χ1v) is 10.1. The van der Waals surface area contributed by atoms with Crippen molar-refractivity contribution in [3.05, 3.63) is 65.4 Å². The molecule has 1 aromatic heterocycles. The minimum absolute atomic E-state index is 0.0207. The molecule has 1 N–H and O–H groups in total. The van der Waals surface area contributed by atoms with Gasteiger partial charge >= 0.3 is 6.03 Å². The lowest BCUT2D eigenvalue weighted by atomic mass is 9.86. The first-order chi connectivity index (χ1) is 14.1. The van der Waals surface area contributed by atoms with Gasteiger partial charge in [-0.3, -0.25) is 0 Å².